The molecule has 1 aromatic heterocycles. The van der Waals surface area contributed by atoms with Crippen LogP contribution in [0.3, 0.4) is 0 Å². The molecule has 1 aliphatic carbocycles. The van der Waals surface area contributed by atoms with Gasteiger partial charge in [0.25, 0.3) is 5.91 Å². The number of aromatic nitrogens is 1. The summed E-state index contributed by atoms with van der Waals surface area (Å²) in [5, 5.41) is 1.11. The SMILES string of the molecule is Cn1ccc2cc(C(=O)N3CC4(C3)OCC[C@H]4CCOCC3CC3)ccc21. The van der Waals surface area contributed by atoms with E-state index in [4.69, 9.17) is 9.47 Å². The van der Waals surface area contributed by atoms with Gasteiger partial charge in [-0.2, -0.15) is 0 Å². The van der Waals surface area contributed by atoms with Gasteiger partial charge in [-0.05, 0) is 61.8 Å². The number of nitrogens with zero attached hydrogens (tertiary/aromatic N) is 2. The van der Waals surface area contributed by atoms with Crippen LogP contribution in [0.2, 0.25) is 0 Å². The fourth-order valence-corrected chi connectivity index (χ4v) is 4.64. The molecular weight excluding hydrogens is 340 g/mol. The van der Waals surface area contributed by atoms with Crippen LogP contribution in [-0.4, -0.2) is 53.9 Å². The van der Waals surface area contributed by atoms with Crippen LogP contribution in [0.4, 0.5) is 0 Å². The number of aryl methyl sites for hydroxylation is 1. The van der Waals surface area contributed by atoms with Crippen LogP contribution in [0, 0.1) is 11.8 Å². The molecule has 27 heavy (non-hydrogen) atoms. The molecule has 2 aromatic rings. The third-order valence-corrected chi connectivity index (χ3v) is 6.60. The van der Waals surface area contributed by atoms with E-state index in [1.165, 1.54) is 12.8 Å². The van der Waals surface area contributed by atoms with Crippen LogP contribution in [0.1, 0.15) is 36.0 Å². The van der Waals surface area contributed by atoms with Crippen molar-refractivity contribution in [3.63, 3.8) is 0 Å². The number of carbonyl (C=O) groups is 1. The van der Waals surface area contributed by atoms with Gasteiger partial charge < -0.3 is 18.9 Å². The van der Waals surface area contributed by atoms with E-state index in [0.717, 1.165) is 55.0 Å². The van der Waals surface area contributed by atoms with Crippen molar-refractivity contribution >= 4 is 16.8 Å². The first kappa shape index (κ1) is 17.3. The summed E-state index contributed by atoms with van der Waals surface area (Å²) in [4.78, 5) is 14.8. The van der Waals surface area contributed by atoms with Gasteiger partial charge >= 0.3 is 0 Å². The molecule has 1 aromatic carbocycles. The van der Waals surface area contributed by atoms with Gasteiger partial charge in [-0.3, -0.25) is 4.79 Å². The van der Waals surface area contributed by atoms with Crippen molar-refractivity contribution in [2.75, 3.05) is 32.9 Å². The molecule has 0 unspecified atom stereocenters. The number of hydrogen-bond donors (Lipinski definition) is 0. The molecule has 3 fully saturated rings. The Morgan fingerprint density at radius 3 is 2.93 bits per heavy atom. The number of rotatable bonds is 6. The Bertz CT molecular complexity index is 848. The molecule has 5 rings (SSSR count). The molecule has 5 nitrogen and oxygen atoms in total. The molecule has 1 saturated carbocycles. The zero-order chi connectivity index (χ0) is 18.4. The van der Waals surface area contributed by atoms with Gasteiger partial charge in [-0.1, -0.05) is 0 Å². The highest BCUT2D eigenvalue weighted by molar-refractivity contribution is 5.98. The summed E-state index contributed by atoms with van der Waals surface area (Å²) in [5.41, 5.74) is 1.79. The number of amides is 1. The van der Waals surface area contributed by atoms with Gasteiger partial charge in [0.15, 0.2) is 0 Å². The normalized spacial score (nSPS) is 23.9. The van der Waals surface area contributed by atoms with Gasteiger partial charge in [0.2, 0.25) is 0 Å². The second kappa shape index (κ2) is 6.64. The highest BCUT2D eigenvalue weighted by atomic mass is 16.5. The Hall–Kier alpha value is -1.85. The lowest BCUT2D eigenvalue weighted by Crippen LogP contribution is -2.66. The summed E-state index contributed by atoms with van der Waals surface area (Å²) in [7, 11) is 2.02. The van der Waals surface area contributed by atoms with E-state index < -0.39 is 0 Å². The predicted molar refractivity (Wildman–Crippen MR) is 104 cm³/mol. The van der Waals surface area contributed by atoms with Gasteiger partial charge in [-0.25, -0.2) is 0 Å². The van der Waals surface area contributed by atoms with Gasteiger partial charge in [-0.15, -0.1) is 0 Å². The van der Waals surface area contributed by atoms with Gasteiger partial charge in [0, 0.05) is 49.5 Å². The maximum absolute atomic E-state index is 12.9. The third-order valence-electron chi connectivity index (χ3n) is 6.60. The number of carbonyl (C=O) groups excluding carboxylic acids is 1. The standard InChI is InChI=1S/C22H28N2O3/c1-23-9-6-17-12-18(4-5-20(17)23)21(25)24-14-22(15-24)19(8-11-27-22)7-10-26-13-16-2-3-16/h4-6,9,12,16,19H,2-3,7-8,10-11,13-15H2,1H3/t19-/m1/s1. The molecule has 3 aliphatic rings. The van der Waals surface area contributed by atoms with E-state index in [9.17, 15) is 4.79 Å². The quantitative estimate of drug-likeness (QED) is 0.736. The number of fused-ring (bicyclic) bond motifs is 1. The highest BCUT2D eigenvalue weighted by Crippen LogP contribution is 2.42. The minimum absolute atomic E-state index is 0.116. The molecule has 5 heteroatoms. The van der Waals surface area contributed by atoms with E-state index in [0.29, 0.717) is 19.0 Å². The van der Waals surface area contributed by atoms with E-state index >= 15 is 0 Å². The zero-order valence-corrected chi connectivity index (χ0v) is 16.0. The Balaban J connectivity index is 1.19. The first-order valence-corrected chi connectivity index (χ1v) is 10.2. The van der Waals surface area contributed by atoms with Crippen molar-refractivity contribution in [2.24, 2.45) is 18.9 Å². The molecule has 2 saturated heterocycles. The molecule has 144 valence electrons. The lowest BCUT2D eigenvalue weighted by molar-refractivity contribution is -0.120. The number of likely N-dealkylation sites (tertiary alicyclic amines) is 1. The van der Waals surface area contributed by atoms with Crippen molar-refractivity contribution in [2.45, 2.75) is 31.3 Å². The Morgan fingerprint density at radius 1 is 1.26 bits per heavy atom. The van der Waals surface area contributed by atoms with Crippen LogP contribution in [0.25, 0.3) is 10.9 Å². The number of ether oxygens (including phenoxy) is 2. The fraction of sp³-hybridized carbons (Fsp3) is 0.591. The molecule has 1 atom stereocenters. The van der Waals surface area contributed by atoms with Gasteiger partial charge in [0.05, 0.1) is 13.1 Å². The van der Waals surface area contributed by atoms with Crippen molar-refractivity contribution < 1.29 is 14.3 Å². The molecule has 1 spiro atoms. The van der Waals surface area contributed by atoms with Crippen LogP contribution < -0.4 is 0 Å². The Labute approximate surface area is 160 Å². The molecule has 0 N–H and O–H groups in total. The lowest BCUT2D eigenvalue weighted by atomic mass is 9.79. The monoisotopic (exact) mass is 368 g/mol. The smallest absolute Gasteiger partial charge is 0.254 e. The van der Waals surface area contributed by atoms with Crippen LogP contribution in [-0.2, 0) is 16.5 Å². The third kappa shape index (κ3) is 3.17. The van der Waals surface area contributed by atoms with E-state index in [2.05, 4.69) is 10.6 Å². The second-order valence-electron chi connectivity index (χ2n) is 8.57. The number of hydrogen-bond acceptors (Lipinski definition) is 3. The van der Waals surface area contributed by atoms with Crippen LogP contribution >= 0.6 is 0 Å². The molecule has 0 radical (unpaired) electrons. The van der Waals surface area contributed by atoms with E-state index in [1.807, 2.05) is 36.3 Å². The van der Waals surface area contributed by atoms with Crippen molar-refractivity contribution in [1.82, 2.24) is 9.47 Å². The lowest BCUT2D eigenvalue weighted by Gasteiger charge is -2.50. The zero-order valence-electron chi connectivity index (χ0n) is 16.0. The first-order chi connectivity index (χ1) is 13.1. The van der Waals surface area contributed by atoms with Crippen molar-refractivity contribution in [3.8, 4) is 0 Å². The Kier molecular flexibility index (Phi) is 4.25. The second-order valence-corrected chi connectivity index (χ2v) is 8.57. The average Bonchev–Trinajstić information content (AvgIpc) is 3.26. The van der Waals surface area contributed by atoms with E-state index in [-0.39, 0.29) is 11.5 Å². The minimum atomic E-state index is -0.130. The molecule has 0 bridgehead atoms. The summed E-state index contributed by atoms with van der Waals surface area (Å²) in [6, 6.07) is 8.03. The number of benzene rings is 1. The highest BCUT2D eigenvalue weighted by Gasteiger charge is 2.54. The molecule has 2 aliphatic heterocycles. The summed E-state index contributed by atoms with van der Waals surface area (Å²) in [6.45, 7) is 3.99. The first-order valence-electron chi connectivity index (χ1n) is 10.2. The van der Waals surface area contributed by atoms with Gasteiger partial charge in [0.1, 0.15) is 5.60 Å². The molecule has 1 amide bonds. The largest absolute Gasteiger partial charge is 0.381 e. The van der Waals surface area contributed by atoms with Crippen molar-refractivity contribution in [3.05, 3.63) is 36.0 Å². The Morgan fingerprint density at radius 2 is 2.11 bits per heavy atom. The molecule has 3 heterocycles. The summed E-state index contributed by atoms with van der Waals surface area (Å²) in [5.74, 6) is 1.44. The maximum atomic E-state index is 12.9. The maximum Gasteiger partial charge on any atom is 0.254 e. The van der Waals surface area contributed by atoms with Crippen molar-refractivity contribution in [1.29, 1.82) is 0 Å². The summed E-state index contributed by atoms with van der Waals surface area (Å²) < 4.78 is 14.0. The average molecular weight is 368 g/mol. The fourth-order valence-electron chi connectivity index (χ4n) is 4.64. The minimum Gasteiger partial charge on any atom is -0.381 e. The topological polar surface area (TPSA) is 43.7 Å². The summed E-state index contributed by atoms with van der Waals surface area (Å²) in [6.07, 6.45) is 6.83. The van der Waals surface area contributed by atoms with Crippen LogP contribution in [0.5, 0.6) is 0 Å². The predicted octanol–water partition coefficient (Wildman–Crippen LogP) is 3.23. The van der Waals surface area contributed by atoms with E-state index in [1.54, 1.807) is 0 Å². The van der Waals surface area contributed by atoms with Crippen LogP contribution in [0.15, 0.2) is 30.5 Å². The molecular formula is C22H28N2O3. The summed E-state index contributed by atoms with van der Waals surface area (Å²) >= 11 is 0.